The zero-order valence-electron chi connectivity index (χ0n) is 12.2. The van der Waals surface area contributed by atoms with Gasteiger partial charge in [0.2, 0.25) is 0 Å². The zero-order chi connectivity index (χ0) is 15.5. The summed E-state index contributed by atoms with van der Waals surface area (Å²) >= 11 is 0. The van der Waals surface area contributed by atoms with Crippen molar-refractivity contribution in [3.05, 3.63) is 23.0 Å². The fraction of sp³-hybridized carbons (Fsp3) is 0.429. The number of hydrogen-bond acceptors (Lipinski definition) is 4. The van der Waals surface area contributed by atoms with Crippen LogP contribution in [-0.2, 0) is 4.74 Å². The van der Waals surface area contributed by atoms with Crippen molar-refractivity contribution in [1.29, 1.82) is 0 Å². The van der Waals surface area contributed by atoms with E-state index in [4.69, 9.17) is 9.47 Å². The monoisotopic (exact) mass is 283 g/mol. The summed E-state index contributed by atoms with van der Waals surface area (Å²) in [5, 5.41) is 2.24. The molecule has 1 amide bonds. The van der Waals surface area contributed by atoms with Crippen LogP contribution in [0.5, 0.6) is 5.75 Å². The Labute approximate surface area is 117 Å². The summed E-state index contributed by atoms with van der Waals surface area (Å²) in [5.74, 6) is -0.510. The molecule has 0 radical (unpaired) electrons. The van der Waals surface area contributed by atoms with Gasteiger partial charge in [-0.05, 0) is 39.3 Å². The van der Waals surface area contributed by atoms with Crippen molar-refractivity contribution in [1.82, 2.24) is 0 Å². The van der Waals surface area contributed by atoms with Crippen LogP contribution in [0, 0.1) is 12.7 Å². The summed E-state index contributed by atoms with van der Waals surface area (Å²) in [5.41, 5.74) is -0.578. The van der Waals surface area contributed by atoms with E-state index in [1.807, 2.05) is 0 Å². The number of methoxy groups -OCH3 is 1. The van der Waals surface area contributed by atoms with Crippen LogP contribution < -0.4 is 10.1 Å². The Morgan fingerprint density at radius 1 is 1.40 bits per heavy atom. The average Bonchev–Trinajstić information content (AvgIpc) is 2.29. The molecule has 1 aromatic carbocycles. The maximum atomic E-state index is 13.9. The molecule has 0 heterocycles. The number of hydrogen-bond donors (Lipinski definition) is 1. The molecule has 20 heavy (non-hydrogen) atoms. The Morgan fingerprint density at radius 2 is 2.00 bits per heavy atom. The van der Waals surface area contributed by atoms with Crippen molar-refractivity contribution in [2.24, 2.45) is 0 Å². The largest absolute Gasteiger partial charge is 0.496 e. The SMILES string of the molecule is COc1c(C)cc(F)c(NC(=O)OC(C)(C)C)c1C=O. The van der Waals surface area contributed by atoms with Gasteiger partial charge < -0.3 is 9.47 Å². The van der Waals surface area contributed by atoms with Gasteiger partial charge in [0, 0.05) is 0 Å². The highest BCUT2D eigenvalue weighted by molar-refractivity contribution is 5.96. The summed E-state index contributed by atoms with van der Waals surface area (Å²) < 4.78 is 24.0. The molecule has 1 rings (SSSR count). The maximum Gasteiger partial charge on any atom is 0.412 e. The number of anilines is 1. The summed E-state index contributed by atoms with van der Waals surface area (Å²) in [6, 6.07) is 1.18. The van der Waals surface area contributed by atoms with Crippen molar-refractivity contribution in [3.8, 4) is 5.75 Å². The van der Waals surface area contributed by atoms with Crippen molar-refractivity contribution in [2.75, 3.05) is 12.4 Å². The van der Waals surface area contributed by atoms with E-state index >= 15 is 0 Å². The number of amides is 1. The minimum atomic E-state index is -0.842. The fourth-order valence-corrected chi connectivity index (χ4v) is 1.70. The Hall–Kier alpha value is -2.11. The van der Waals surface area contributed by atoms with Crippen molar-refractivity contribution in [3.63, 3.8) is 0 Å². The second kappa shape index (κ2) is 5.90. The molecule has 6 heteroatoms. The minimum absolute atomic E-state index is 0.0594. The first-order chi connectivity index (χ1) is 9.19. The van der Waals surface area contributed by atoms with Gasteiger partial charge in [-0.3, -0.25) is 10.1 Å². The third-order valence-corrected chi connectivity index (χ3v) is 2.40. The van der Waals surface area contributed by atoms with E-state index in [0.29, 0.717) is 11.8 Å². The highest BCUT2D eigenvalue weighted by Gasteiger charge is 2.22. The van der Waals surface area contributed by atoms with Crippen LogP contribution in [0.2, 0.25) is 0 Å². The van der Waals surface area contributed by atoms with E-state index in [1.54, 1.807) is 27.7 Å². The normalized spacial score (nSPS) is 10.9. The van der Waals surface area contributed by atoms with Gasteiger partial charge in [-0.1, -0.05) is 0 Å². The van der Waals surface area contributed by atoms with E-state index < -0.39 is 17.5 Å². The smallest absolute Gasteiger partial charge is 0.412 e. The zero-order valence-corrected chi connectivity index (χ0v) is 12.2. The molecule has 0 aliphatic carbocycles. The fourth-order valence-electron chi connectivity index (χ4n) is 1.70. The minimum Gasteiger partial charge on any atom is -0.496 e. The first kappa shape index (κ1) is 15.9. The summed E-state index contributed by atoms with van der Waals surface area (Å²) in [4.78, 5) is 22.8. The van der Waals surface area contributed by atoms with Crippen LogP contribution in [0.4, 0.5) is 14.9 Å². The Balaban J connectivity index is 3.18. The third kappa shape index (κ3) is 3.69. The first-order valence-corrected chi connectivity index (χ1v) is 6.02. The highest BCUT2D eigenvalue weighted by Crippen LogP contribution is 2.31. The van der Waals surface area contributed by atoms with E-state index in [2.05, 4.69) is 5.32 Å². The first-order valence-electron chi connectivity index (χ1n) is 6.02. The topological polar surface area (TPSA) is 64.6 Å². The summed E-state index contributed by atoms with van der Waals surface area (Å²) in [7, 11) is 1.37. The molecule has 1 aromatic rings. The molecule has 0 aromatic heterocycles. The molecule has 0 aliphatic heterocycles. The molecular weight excluding hydrogens is 265 g/mol. The number of carbonyl (C=O) groups is 2. The lowest BCUT2D eigenvalue weighted by atomic mass is 10.1. The molecule has 0 fully saturated rings. The van der Waals surface area contributed by atoms with Gasteiger partial charge in [0.15, 0.2) is 6.29 Å². The molecule has 1 N–H and O–H groups in total. The van der Waals surface area contributed by atoms with Gasteiger partial charge in [-0.25, -0.2) is 9.18 Å². The Kier molecular flexibility index (Phi) is 4.70. The number of benzene rings is 1. The van der Waals surface area contributed by atoms with Crippen LogP contribution in [0.1, 0.15) is 36.7 Å². The van der Waals surface area contributed by atoms with Crippen LogP contribution in [0.15, 0.2) is 6.07 Å². The van der Waals surface area contributed by atoms with Crippen LogP contribution in [0.3, 0.4) is 0 Å². The molecule has 110 valence electrons. The second-order valence-electron chi connectivity index (χ2n) is 5.24. The number of halogens is 1. The molecule has 0 unspecified atom stereocenters. The maximum absolute atomic E-state index is 13.9. The molecule has 0 atom stereocenters. The van der Waals surface area contributed by atoms with Crippen LogP contribution in [-0.4, -0.2) is 25.1 Å². The molecule has 0 saturated heterocycles. The lowest BCUT2D eigenvalue weighted by Gasteiger charge is -2.21. The van der Waals surface area contributed by atoms with E-state index in [1.165, 1.54) is 13.2 Å². The van der Waals surface area contributed by atoms with Crippen molar-refractivity contribution in [2.45, 2.75) is 33.3 Å². The number of ether oxygens (including phenoxy) is 2. The molecule has 5 nitrogen and oxygen atoms in total. The van der Waals surface area contributed by atoms with Crippen molar-refractivity contribution < 1.29 is 23.5 Å². The number of aldehydes is 1. The van der Waals surface area contributed by atoms with Gasteiger partial charge in [0.1, 0.15) is 17.2 Å². The van der Waals surface area contributed by atoms with Gasteiger partial charge in [0.25, 0.3) is 0 Å². The van der Waals surface area contributed by atoms with Gasteiger partial charge in [0.05, 0.1) is 18.4 Å². The van der Waals surface area contributed by atoms with Gasteiger partial charge in [-0.2, -0.15) is 0 Å². The highest BCUT2D eigenvalue weighted by atomic mass is 19.1. The van der Waals surface area contributed by atoms with Gasteiger partial charge in [-0.15, -0.1) is 0 Å². The predicted octanol–water partition coefficient (Wildman–Crippen LogP) is 3.30. The van der Waals surface area contributed by atoms with Crippen molar-refractivity contribution >= 4 is 18.1 Å². The second-order valence-corrected chi connectivity index (χ2v) is 5.24. The summed E-state index contributed by atoms with van der Waals surface area (Å²) in [6.07, 6.45) is -0.410. The van der Waals surface area contributed by atoms with Gasteiger partial charge >= 0.3 is 6.09 Å². The number of nitrogens with one attached hydrogen (secondary N) is 1. The third-order valence-electron chi connectivity index (χ3n) is 2.40. The quantitative estimate of drug-likeness (QED) is 0.864. The van der Waals surface area contributed by atoms with E-state index in [0.717, 1.165) is 0 Å². The van der Waals surface area contributed by atoms with Crippen LogP contribution in [0.25, 0.3) is 0 Å². The lowest BCUT2D eigenvalue weighted by molar-refractivity contribution is 0.0635. The summed E-state index contributed by atoms with van der Waals surface area (Å²) in [6.45, 7) is 6.64. The molecule has 0 saturated carbocycles. The predicted molar refractivity (Wildman–Crippen MR) is 72.9 cm³/mol. The molecule has 0 spiro atoms. The number of aryl methyl sites for hydroxylation is 1. The molecule has 0 aliphatic rings. The Bertz CT molecular complexity index is 535. The molecular formula is C14H18FNO4. The number of carbonyl (C=O) groups excluding carboxylic acids is 2. The van der Waals surface area contributed by atoms with E-state index in [-0.39, 0.29) is 17.0 Å². The molecule has 0 bridgehead atoms. The average molecular weight is 283 g/mol. The Morgan fingerprint density at radius 3 is 2.45 bits per heavy atom. The lowest BCUT2D eigenvalue weighted by Crippen LogP contribution is -2.28. The van der Waals surface area contributed by atoms with E-state index in [9.17, 15) is 14.0 Å². The van der Waals surface area contributed by atoms with Crippen LogP contribution >= 0.6 is 0 Å². The standard InChI is InChI=1S/C14H18FNO4/c1-8-6-10(15)11(9(7-17)12(8)19-5)16-13(18)20-14(2,3)4/h6-7H,1-5H3,(H,16,18). The number of rotatable bonds is 3.